The summed E-state index contributed by atoms with van der Waals surface area (Å²) in [5.74, 6) is -0.198. The lowest BCUT2D eigenvalue weighted by atomic mass is 10.1. The zero-order valence-corrected chi connectivity index (χ0v) is 11.7. The molecule has 20 heavy (non-hydrogen) atoms. The third-order valence-corrected chi connectivity index (χ3v) is 4.46. The van der Waals surface area contributed by atoms with Crippen molar-refractivity contribution in [1.29, 1.82) is 5.26 Å². The highest BCUT2D eigenvalue weighted by Gasteiger charge is 2.28. The molecule has 106 valence electrons. The Morgan fingerprint density at radius 1 is 1.25 bits per heavy atom. The lowest BCUT2D eigenvalue weighted by molar-refractivity contribution is 0.214. The summed E-state index contributed by atoms with van der Waals surface area (Å²) >= 11 is 0. The Kier molecular flexibility index (Phi) is 4.00. The van der Waals surface area contributed by atoms with Gasteiger partial charge in [-0.2, -0.15) is 5.26 Å². The maximum atomic E-state index is 13.9. The van der Waals surface area contributed by atoms with Crippen LogP contribution in [0.2, 0.25) is 0 Å². The second kappa shape index (κ2) is 5.90. The van der Waals surface area contributed by atoms with Gasteiger partial charge in [0.15, 0.2) is 0 Å². The van der Waals surface area contributed by atoms with E-state index in [4.69, 9.17) is 5.26 Å². The number of benzene rings is 1. The molecule has 1 atom stereocenters. The average molecular weight is 273 g/mol. The first-order valence-corrected chi connectivity index (χ1v) is 7.41. The van der Waals surface area contributed by atoms with Gasteiger partial charge in [0.2, 0.25) is 0 Å². The van der Waals surface area contributed by atoms with Gasteiger partial charge in [0.05, 0.1) is 11.6 Å². The summed E-state index contributed by atoms with van der Waals surface area (Å²) in [7, 11) is 0. The third kappa shape index (κ3) is 2.84. The fourth-order valence-electron chi connectivity index (χ4n) is 3.43. The largest absolute Gasteiger partial charge is 0.299 e. The van der Waals surface area contributed by atoms with Crippen molar-refractivity contribution >= 4 is 0 Å². The van der Waals surface area contributed by atoms with Crippen molar-refractivity contribution in [3.8, 4) is 6.07 Å². The number of rotatable bonds is 2. The van der Waals surface area contributed by atoms with Gasteiger partial charge in [0, 0.05) is 24.7 Å². The van der Waals surface area contributed by atoms with E-state index in [1.54, 1.807) is 12.1 Å². The third-order valence-electron chi connectivity index (χ3n) is 4.46. The molecule has 0 saturated carbocycles. The number of nitrogens with zero attached hydrogens (tertiary/aromatic N) is 3. The molecule has 2 aliphatic heterocycles. The summed E-state index contributed by atoms with van der Waals surface area (Å²) in [4.78, 5) is 4.91. The molecule has 0 aliphatic carbocycles. The minimum absolute atomic E-state index is 0.198. The molecular formula is C16H20FN3. The first-order chi connectivity index (χ1) is 9.76. The molecule has 0 amide bonds. The van der Waals surface area contributed by atoms with Gasteiger partial charge in [0.25, 0.3) is 0 Å². The number of fused-ring (bicyclic) bond motifs is 1. The van der Waals surface area contributed by atoms with E-state index in [-0.39, 0.29) is 5.82 Å². The highest BCUT2D eigenvalue weighted by molar-refractivity contribution is 5.33. The predicted molar refractivity (Wildman–Crippen MR) is 75.6 cm³/mol. The Morgan fingerprint density at radius 2 is 2.10 bits per heavy atom. The maximum absolute atomic E-state index is 13.9. The predicted octanol–water partition coefficient (Wildman–Crippen LogP) is 2.37. The maximum Gasteiger partial charge on any atom is 0.127 e. The summed E-state index contributed by atoms with van der Waals surface area (Å²) < 4.78 is 13.9. The van der Waals surface area contributed by atoms with Crippen LogP contribution in [0, 0.1) is 17.1 Å². The fraction of sp³-hybridized carbons (Fsp3) is 0.562. The number of nitriles is 1. The molecule has 2 saturated heterocycles. The second-order valence-electron chi connectivity index (χ2n) is 5.84. The van der Waals surface area contributed by atoms with Crippen LogP contribution in [0.3, 0.4) is 0 Å². The molecular weight excluding hydrogens is 253 g/mol. The molecule has 4 heteroatoms. The molecule has 0 N–H and O–H groups in total. The van der Waals surface area contributed by atoms with Crippen LogP contribution in [0.5, 0.6) is 0 Å². The van der Waals surface area contributed by atoms with Gasteiger partial charge in [-0.05, 0) is 57.1 Å². The van der Waals surface area contributed by atoms with Crippen molar-refractivity contribution in [3.63, 3.8) is 0 Å². The van der Waals surface area contributed by atoms with Crippen LogP contribution in [-0.4, -0.2) is 42.0 Å². The molecule has 3 nitrogen and oxygen atoms in total. The van der Waals surface area contributed by atoms with Crippen LogP contribution in [0.25, 0.3) is 0 Å². The van der Waals surface area contributed by atoms with Crippen LogP contribution in [0.4, 0.5) is 4.39 Å². The molecule has 1 aromatic rings. The molecule has 2 aliphatic rings. The normalized spacial score (nSPS) is 24.1. The summed E-state index contributed by atoms with van der Waals surface area (Å²) in [6.07, 6.45) is 3.70. The van der Waals surface area contributed by atoms with Crippen LogP contribution in [0.15, 0.2) is 18.2 Å². The van der Waals surface area contributed by atoms with Gasteiger partial charge < -0.3 is 0 Å². The lowest BCUT2D eigenvalue weighted by Crippen LogP contribution is -2.36. The Labute approximate surface area is 119 Å². The fourth-order valence-corrected chi connectivity index (χ4v) is 3.43. The van der Waals surface area contributed by atoms with E-state index in [9.17, 15) is 4.39 Å². The molecule has 1 aromatic carbocycles. The minimum Gasteiger partial charge on any atom is -0.299 e. The summed E-state index contributed by atoms with van der Waals surface area (Å²) in [6.45, 7) is 5.05. The van der Waals surface area contributed by atoms with Crippen molar-refractivity contribution in [3.05, 3.63) is 35.1 Å². The molecule has 0 spiro atoms. The van der Waals surface area contributed by atoms with Crippen molar-refractivity contribution in [2.45, 2.75) is 31.8 Å². The molecule has 0 aromatic heterocycles. The van der Waals surface area contributed by atoms with Crippen molar-refractivity contribution < 1.29 is 4.39 Å². The van der Waals surface area contributed by atoms with E-state index >= 15 is 0 Å². The van der Waals surface area contributed by atoms with Gasteiger partial charge in [-0.3, -0.25) is 9.80 Å². The highest BCUT2D eigenvalue weighted by atomic mass is 19.1. The Balaban J connectivity index is 1.72. The van der Waals surface area contributed by atoms with Crippen molar-refractivity contribution in [1.82, 2.24) is 9.80 Å². The van der Waals surface area contributed by atoms with Crippen LogP contribution < -0.4 is 0 Å². The summed E-state index contributed by atoms with van der Waals surface area (Å²) in [5, 5.41) is 8.93. The quantitative estimate of drug-likeness (QED) is 0.828. The van der Waals surface area contributed by atoms with Gasteiger partial charge in [-0.1, -0.05) is 0 Å². The van der Waals surface area contributed by atoms with Crippen molar-refractivity contribution in [2.24, 2.45) is 0 Å². The van der Waals surface area contributed by atoms with Gasteiger partial charge in [-0.15, -0.1) is 0 Å². The standard InChI is InChI=1S/C16H20FN3/c17-16-5-4-13(10-18)9-14(16)11-19-6-2-8-20-7-1-3-15(20)12-19/h4-5,9,15H,1-3,6-8,11-12H2. The zero-order chi connectivity index (χ0) is 13.9. The van der Waals surface area contributed by atoms with Crippen LogP contribution in [-0.2, 0) is 6.54 Å². The molecule has 3 rings (SSSR count). The number of hydrogen-bond donors (Lipinski definition) is 0. The van der Waals surface area contributed by atoms with Gasteiger partial charge in [-0.25, -0.2) is 4.39 Å². The number of hydrogen-bond acceptors (Lipinski definition) is 3. The van der Waals surface area contributed by atoms with E-state index in [0.717, 1.165) is 19.5 Å². The van der Waals surface area contributed by atoms with Crippen molar-refractivity contribution in [2.75, 3.05) is 26.2 Å². The molecule has 0 bridgehead atoms. The molecule has 1 unspecified atom stereocenters. The molecule has 0 radical (unpaired) electrons. The topological polar surface area (TPSA) is 30.3 Å². The first-order valence-electron chi connectivity index (χ1n) is 7.41. The van der Waals surface area contributed by atoms with Crippen LogP contribution >= 0.6 is 0 Å². The Bertz CT molecular complexity index is 523. The minimum atomic E-state index is -0.198. The first kappa shape index (κ1) is 13.5. The Morgan fingerprint density at radius 3 is 2.95 bits per heavy atom. The van der Waals surface area contributed by atoms with E-state index in [0.29, 0.717) is 23.7 Å². The number of halogens is 1. The zero-order valence-electron chi connectivity index (χ0n) is 11.7. The monoisotopic (exact) mass is 273 g/mol. The lowest BCUT2D eigenvalue weighted by Gasteiger charge is -2.25. The molecule has 2 heterocycles. The average Bonchev–Trinajstić information content (AvgIpc) is 2.80. The van der Waals surface area contributed by atoms with E-state index in [1.807, 2.05) is 0 Å². The van der Waals surface area contributed by atoms with E-state index < -0.39 is 0 Å². The van der Waals surface area contributed by atoms with Gasteiger partial charge >= 0.3 is 0 Å². The Hall–Kier alpha value is -1.44. The van der Waals surface area contributed by atoms with Gasteiger partial charge in [0.1, 0.15) is 5.82 Å². The van der Waals surface area contributed by atoms with Crippen LogP contribution in [0.1, 0.15) is 30.4 Å². The summed E-state index contributed by atoms with van der Waals surface area (Å²) in [6, 6.07) is 7.37. The highest BCUT2D eigenvalue weighted by Crippen LogP contribution is 2.23. The second-order valence-corrected chi connectivity index (χ2v) is 5.84. The SMILES string of the molecule is N#Cc1ccc(F)c(CN2CCCN3CCCC3C2)c1. The molecule has 2 fully saturated rings. The summed E-state index contributed by atoms with van der Waals surface area (Å²) in [5.41, 5.74) is 1.19. The van der Waals surface area contributed by atoms with E-state index in [2.05, 4.69) is 15.9 Å². The smallest absolute Gasteiger partial charge is 0.127 e. The van der Waals surface area contributed by atoms with E-state index in [1.165, 1.54) is 32.0 Å².